The summed E-state index contributed by atoms with van der Waals surface area (Å²) < 4.78 is 7.21. The zero-order valence-corrected chi connectivity index (χ0v) is 13.1. The highest BCUT2D eigenvalue weighted by molar-refractivity contribution is 7.17. The molecule has 1 saturated heterocycles. The Labute approximate surface area is 131 Å². The van der Waals surface area contributed by atoms with E-state index in [0.717, 1.165) is 36.6 Å². The van der Waals surface area contributed by atoms with Crippen LogP contribution in [0.15, 0.2) is 35.3 Å². The number of piperidine rings is 1. The van der Waals surface area contributed by atoms with Crippen molar-refractivity contribution in [2.24, 2.45) is 0 Å². The lowest BCUT2D eigenvalue weighted by molar-refractivity contribution is 0.170. The predicted octanol–water partition coefficient (Wildman–Crippen LogP) is 3.80. The molecule has 4 rings (SSSR count). The summed E-state index contributed by atoms with van der Waals surface area (Å²) in [4.78, 5) is 11.1. The first-order chi connectivity index (χ1) is 10.4. The van der Waals surface area contributed by atoms with Crippen molar-refractivity contribution in [3.05, 3.63) is 35.3 Å². The first-order valence-corrected chi connectivity index (χ1v) is 8.79. The first kappa shape index (κ1) is 13.0. The third-order valence-electron chi connectivity index (χ3n) is 3.78. The molecule has 0 unspecified atom stereocenters. The van der Waals surface area contributed by atoms with Gasteiger partial charge in [-0.2, -0.15) is 0 Å². The van der Waals surface area contributed by atoms with E-state index in [0.29, 0.717) is 0 Å². The van der Waals surface area contributed by atoms with Crippen LogP contribution in [0.2, 0.25) is 0 Å². The predicted molar refractivity (Wildman–Crippen MR) is 87.6 cm³/mol. The summed E-state index contributed by atoms with van der Waals surface area (Å²) in [5.74, 6) is 0. The normalized spacial score (nSPS) is 16.5. The molecular weight excluding hydrogens is 302 g/mol. The van der Waals surface area contributed by atoms with E-state index >= 15 is 0 Å². The molecule has 0 bridgehead atoms. The topological polar surface area (TPSA) is 38.2 Å². The molecule has 0 aliphatic carbocycles. The molecule has 21 heavy (non-hydrogen) atoms. The second kappa shape index (κ2) is 5.61. The molecule has 108 valence electrons. The molecule has 3 aromatic heterocycles. The van der Waals surface area contributed by atoms with E-state index in [-0.39, 0.29) is 6.10 Å². The zero-order valence-electron chi connectivity index (χ0n) is 11.4. The van der Waals surface area contributed by atoms with E-state index in [4.69, 9.17) is 4.74 Å². The lowest BCUT2D eigenvalue weighted by Gasteiger charge is -2.33. The third-order valence-corrected chi connectivity index (χ3v) is 5.37. The number of rotatable bonds is 3. The number of anilines is 1. The van der Waals surface area contributed by atoms with Crippen LogP contribution in [0.4, 0.5) is 5.69 Å². The molecule has 0 atom stereocenters. The second-order valence-electron chi connectivity index (χ2n) is 5.07. The minimum absolute atomic E-state index is 0.285. The molecule has 0 spiro atoms. The maximum absolute atomic E-state index is 5.92. The molecule has 0 N–H and O–H groups in total. The molecule has 6 heteroatoms. The Morgan fingerprint density at radius 1 is 1.05 bits per heavy atom. The summed E-state index contributed by atoms with van der Waals surface area (Å²) in [6.45, 7) is 2.04. The Morgan fingerprint density at radius 2 is 1.95 bits per heavy atom. The third kappa shape index (κ3) is 2.61. The van der Waals surface area contributed by atoms with Gasteiger partial charge in [-0.1, -0.05) is 11.3 Å². The summed E-state index contributed by atoms with van der Waals surface area (Å²) >= 11 is 3.33. The van der Waals surface area contributed by atoms with Gasteiger partial charge in [-0.15, -0.1) is 11.3 Å². The lowest BCUT2D eigenvalue weighted by atomic mass is 10.1. The van der Waals surface area contributed by atoms with E-state index < -0.39 is 0 Å². The van der Waals surface area contributed by atoms with Crippen LogP contribution in [-0.2, 0) is 0 Å². The van der Waals surface area contributed by atoms with Gasteiger partial charge >= 0.3 is 0 Å². The van der Waals surface area contributed by atoms with Crippen molar-refractivity contribution in [1.82, 2.24) is 9.97 Å². The van der Waals surface area contributed by atoms with Crippen LogP contribution in [0.3, 0.4) is 0 Å². The average molecular weight is 317 g/mol. The van der Waals surface area contributed by atoms with Crippen molar-refractivity contribution >= 4 is 38.6 Å². The van der Waals surface area contributed by atoms with Crippen LogP contribution in [0, 0.1) is 0 Å². The zero-order chi connectivity index (χ0) is 14.1. The fourth-order valence-electron chi connectivity index (χ4n) is 2.73. The van der Waals surface area contributed by atoms with Gasteiger partial charge in [-0.25, -0.2) is 4.98 Å². The average Bonchev–Trinajstić information content (AvgIpc) is 3.18. The van der Waals surface area contributed by atoms with E-state index in [1.165, 1.54) is 10.4 Å². The fourth-order valence-corrected chi connectivity index (χ4v) is 4.18. The number of pyridine rings is 1. The Balaban J connectivity index is 1.46. The molecule has 0 amide bonds. The molecule has 4 heterocycles. The van der Waals surface area contributed by atoms with Crippen LogP contribution >= 0.6 is 22.7 Å². The number of hydrogen-bond acceptors (Lipinski definition) is 6. The largest absolute Gasteiger partial charge is 0.467 e. The molecule has 3 aromatic rings. The fraction of sp³-hybridized carbons (Fsp3) is 0.333. The Hall–Kier alpha value is -1.66. The van der Waals surface area contributed by atoms with Crippen molar-refractivity contribution in [2.45, 2.75) is 18.9 Å². The van der Waals surface area contributed by atoms with Crippen molar-refractivity contribution in [3.63, 3.8) is 0 Å². The maximum atomic E-state index is 5.92. The quantitative estimate of drug-likeness (QED) is 0.736. The number of hydrogen-bond donors (Lipinski definition) is 0. The first-order valence-electron chi connectivity index (χ1n) is 7.03. The minimum atomic E-state index is 0.285. The van der Waals surface area contributed by atoms with Crippen molar-refractivity contribution < 1.29 is 4.74 Å². The number of ether oxygens (including phenoxy) is 1. The minimum Gasteiger partial charge on any atom is -0.467 e. The highest BCUT2D eigenvalue weighted by atomic mass is 32.1. The van der Waals surface area contributed by atoms with Gasteiger partial charge in [0.2, 0.25) is 0 Å². The summed E-state index contributed by atoms with van der Waals surface area (Å²) in [6.07, 6.45) is 6.05. The summed E-state index contributed by atoms with van der Waals surface area (Å²) in [6, 6.07) is 4.21. The van der Waals surface area contributed by atoms with E-state index in [1.807, 2.05) is 11.6 Å². The highest BCUT2D eigenvalue weighted by Gasteiger charge is 2.22. The molecule has 1 aliphatic rings. The van der Waals surface area contributed by atoms with E-state index in [9.17, 15) is 0 Å². The van der Waals surface area contributed by atoms with Crippen molar-refractivity contribution in [1.29, 1.82) is 0 Å². The maximum Gasteiger partial charge on any atom is 0.273 e. The number of nitrogens with zero attached hydrogens (tertiary/aromatic N) is 3. The molecule has 0 aromatic carbocycles. The SMILES string of the molecule is c1csc(OC2CCN(c3ccnc4ccsc34)CC2)n1. The number of thiazole rings is 1. The molecule has 0 saturated carbocycles. The van der Waals surface area contributed by atoms with E-state index in [1.54, 1.807) is 28.9 Å². The monoisotopic (exact) mass is 317 g/mol. The standard InChI is InChI=1S/C15H15N3OS2/c1-5-16-12-4-9-20-14(12)13(1)18-7-2-11(3-8-18)19-15-17-6-10-21-15/h1,4-6,9-11H,2-3,7-8H2. The van der Waals surface area contributed by atoms with Crippen LogP contribution in [0.25, 0.3) is 10.2 Å². The van der Waals surface area contributed by atoms with Gasteiger partial charge in [0.25, 0.3) is 5.19 Å². The second-order valence-corrected chi connectivity index (χ2v) is 6.84. The smallest absolute Gasteiger partial charge is 0.273 e. The van der Waals surface area contributed by atoms with Gasteiger partial charge in [0.05, 0.1) is 15.9 Å². The van der Waals surface area contributed by atoms with Crippen molar-refractivity contribution in [2.75, 3.05) is 18.0 Å². The van der Waals surface area contributed by atoms with Crippen LogP contribution in [0.1, 0.15) is 12.8 Å². The van der Waals surface area contributed by atoms with Crippen LogP contribution in [-0.4, -0.2) is 29.2 Å². The lowest BCUT2D eigenvalue weighted by Crippen LogP contribution is -2.38. The van der Waals surface area contributed by atoms with Gasteiger partial charge in [-0.3, -0.25) is 4.98 Å². The summed E-state index contributed by atoms with van der Waals surface area (Å²) in [5, 5.41) is 4.85. The van der Waals surface area contributed by atoms with E-state index in [2.05, 4.69) is 32.4 Å². The Morgan fingerprint density at radius 3 is 2.76 bits per heavy atom. The number of aromatic nitrogens is 2. The van der Waals surface area contributed by atoms with Crippen LogP contribution < -0.4 is 9.64 Å². The summed E-state index contributed by atoms with van der Waals surface area (Å²) in [5.41, 5.74) is 2.40. The molecule has 0 radical (unpaired) electrons. The summed E-state index contributed by atoms with van der Waals surface area (Å²) in [7, 11) is 0. The van der Waals surface area contributed by atoms with Gasteiger partial charge < -0.3 is 9.64 Å². The highest BCUT2D eigenvalue weighted by Crippen LogP contribution is 2.32. The molecule has 1 fully saturated rings. The van der Waals surface area contributed by atoms with Crippen LogP contribution in [0.5, 0.6) is 5.19 Å². The van der Waals surface area contributed by atoms with Crippen molar-refractivity contribution in [3.8, 4) is 5.19 Å². The van der Waals surface area contributed by atoms with Gasteiger partial charge in [0.1, 0.15) is 6.10 Å². The van der Waals surface area contributed by atoms with Gasteiger partial charge in [-0.05, 0) is 17.5 Å². The molecule has 4 nitrogen and oxygen atoms in total. The number of thiophene rings is 1. The molecule has 1 aliphatic heterocycles. The van der Waals surface area contributed by atoms with Gasteiger partial charge in [0, 0.05) is 43.7 Å². The van der Waals surface area contributed by atoms with Gasteiger partial charge in [0.15, 0.2) is 0 Å². The number of fused-ring (bicyclic) bond motifs is 1. The Kier molecular flexibility index (Phi) is 3.48. The molecular formula is C15H15N3OS2. The Bertz CT molecular complexity index is 717.